The van der Waals surface area contributed by atoms with Gasteiger partial charge >= 0.3 is 0 Å². The summed E-state index contributed by atoms with van der Waals surface area (Å²) in [5.41, 5.74) is 4.80. The maximum atomic E-state index is 12.7. The summed E-state index contributed by atoms with van der Waals surface area (Å²) in [6, 6.07) is 11.4. The zero-order valence-corrected chi connectivity index (χ0v) is 16.2. The van der Waals surface area contributed by atoms with Crippen LogP contribution in [-0.2, 0) is 0 Å². The topological polar surface area (TPSA) is 68.8 Å². The second kappa shape index (κ2) is 6.88. The Hall–Kier alpha value is -3.54. The number of furan rings is 1. The van der Waals surface area contributed by atoms with Gasteiger partial charge in [-0.05, 0) is 56.7 Å². The number of carbonyl (C=O) groups is 1. The standard InChI is InChI=1S/C22H21N3O3/c1-13-6-5-9-25-12-19(23-21(13)25)16-7-8-20(27-4)18(11-16)24-22(26)17-10-14(2)28-15(17)3/h5-12H,1-4H3,(H,24,26). The number of aromatic nitrogens is 2. The Bertz CT molecular complexity index is 1190. The van der Waals surface area contributed by atoms with E-state index >= 15 is 0 Å². The van der Waals surface area contributed by atoms with E-state index in [-0.39, 0.29) is 5.91 Å². The van der Waals surface area contributed by atoms with Gasteiger partial charge in [0.05, 0.1) is 24.1 Å². The molecular formula is C22H21N3O3. The Morgan fingerprint density at radius 2 is 2.00 bits per heavy atom. The third kappa shape index (κ3) is 3.13. The first-order valence-corrected chi connectivity index (χ1v) is 8.97. The normalized spacial score (nSPS) is 11.0. The van der Waals surface area contributed by atoms with Crippen molar-refractivity contribution in [1.82, 2.24) is 9.38 Å². The van der Waals surface area contributed by atoms with Crippen LogP contribution in [0.4, 0.5) is 5.69 Å². The number of hydrogen-bond acceptors (Lipinski definition) is 4. The average Bonchev–Trinajstić information content (AvgIpc) is 3.25. The number of nitrogens with one attached hydrogen (secondary N) is 1. The number of methoxy groups -OCH3 is 1. The fraction of sp³-hybridized carbons (Fsp3) is 0.182. The maximum absolute atomic E-state index is 12.7. The molecule has 4 rings (SSSR count). The molecule has 4 aromatic rings. The Morgan fingerprint density at radius 1 is 1.18 bits per heavy atom. The number of imidazole rings is 1. The largest absolute Gasteiger partial charge is 0.495 e. The second-order valence-electron chi connectivity index (χ2n) is 6.74. The zero-order chi connectivity index (χ0) is 19.8. The van der Waals surface area contributed by atoms with Gasteiger partial charge in [-0.3, -0.25) is 4.79 Å². The Labute approximate surface area is 162 Å². The highest BCUT2D eigenvalue weighted by molar-refractivity contribution is 6.06. The summed E-state index contributed by atoms with van der Waals surface area (Å²) < 4.78 is 12.9. The Kier molecular flexibility index (Phi) is 4.39. The molecule has 0 radical (unpaired) electrons. The molecule has 142 valence electrons. The van der Waals surface area contributed by atoms with Crippen molar-refractivity contribution in [2.24, 2.45) is 0 Å². The molecule has 6 heteroatoms. The number of anilines is 1. The van der Waals surface area contributed by atoms with Gasteiger partial charge in [0.15, 0.2) is 0 Å². The van der Waals surface area contributed by atoms with Crippen molar-refractivity contribution in [3.8, 4) is 17.0 Å². The van der Waals surface area contributed by atoms with Gasteiger partial charge in [-0.15, -0.1) is 0 Å². The van der Waals surface area contributed by atoms with Crippen LogP contribution in [0.1, 0.15) is 27.4 Å². The third-order valence-corrected chi connectivity index (χ3v) is 4.71. The van der Waals surface area contributed by atoms with Crippen molar-refractivity contribution in [3.05, 3.63) is 71.4 Å². The predicted octanol–water partition coefficient (Wildman–Crippen LogP) is 4.78. The number of nitrogens with zero attached hydrogens (tertiary/aromatic N) is 2. The molecule has 3 heterocycles. The predicted molar refractivity (Wildman–Crippen MR) is 108 cm³/mol. The first-order valence-electron chi connectivity index (χ1n) is 8.97. The van der Waals surface area contributed by atoms with E-state index in [0.29, 0.717) is 28.5 Å². The number of rotatable bonds is 4. The molecule has 6 nitrogen and oxygen atoms in total. The molecule has 3 aromatic heterocycles. The summed E-state index contributed by atoms with van der Waals surface area (Å²) in [7, 11) is 1.58. The molecule has 0 saturated heterocycles. The van der Waals surface area contributed by atoms with Crippen molar-refractivity contribution in [2.75, 3.05) is 12.4 Å². The third-order valence-electron chi connectivity index (χ3n) is 4.71. The summed E-state index contributed by atoms with van der Waals surface area (Å²) in [4.78, 5) is 17.4. The quantitative estimate of drug-likeness (QED) is 0.557. The molecule has 1 amide bonds. The lowest BCUT2D eigenvalue weighted by Gasteiger charge is -2.11. The van der Waals surface area contributed by atoms with Crippen LogP contribution in [0.2, 0.25) is 0 Å². The minimum Gasteiger partial charge on any atom is -0.495 e. The fourth-order valence-electron chi connectivity index (χ4n) is 3.30. The second-order valence-corrected chi connectivity index (χ2v) is 6.74. The van der Waals surface area contributed by atoms with E-state index in [1.54, 1.807) is 20.1 Å². The van der Waals surface area contributed by atoms with E-state index in [4.69, 9.17) is 14.1 Å². The van der Waals surface area contributed by atoms with E-state index in [0.717, 1.165) is 22.5 Å². The van der Waals surface area contributed by atoms with Crippen molar-refractivity contribution in [3.63, 3.8) is 0 Å². The van der Waals surface area contributed by atoms with Gasteiger partial charge in [0, 0.05) is 18.0 Å². The molecule has 28 heavy (non-hydrogen) atoms. The molecule has 0 aliphatic rings. The van der Waals surface area contributed by atoms with Gasteiger partial charge in [0.1, 0.15) is 22.9 Å². The van der Waals surface area contributed by atoms with Crippen LogP contribution >= 0.6 is 0 Å². The Morgan fingerprint density at radius 3 is 2.68 bits per heavy atom. The lowest BCUT2D eigenvalue weighted by Crippen LogP contribution is -2.13. The van der Waals surface area contributed by atoms with Crippen LogP contribution in [0.25, 0.3) is 16.9 Å². The van der Waals surface area contributed by atoms with Gasteiger partial charge < -0.3 is 18.9 Å². The monoisotopic (exact) mass is 375 g/mol. The smallest absolute Gasteiger partial charge is 0.259 e. The molecule has 0 atom stereocenters. The highest BCUT2D eigenvalue weighted by Gasteiger charge is 2.17. The van der Waals surface area contributed by atoms with E-state index < -0.39 is 0 Å². The summed E-state index contributed by atoms with van der Waals surface area (Å²) in [5, 5.41) is 2.93. The molecule has 1 N–H and O–H groups in total. The lowest BCUT2D eigenvalue weighted by molar-refractivity contribution is 0.102. The first kappa shape index (κ1) is 17.9. The number of aryl methyl sites for hydroxylation is 3. The highest BCUT2D eigenvalue weighted by atomic mass is 16.5. The molecular weight excluding hydrogens is 354 g/mol. The molecule has 0 spiro atoms. The number of hydrogen-bond donors (Lipinski definition) is 1. The highest BCUT2D eigenvalue weighted by Crippen LogP contribution is 2.31. The zero-order valence-electron chi connectivity index (χ0n) is 16.2. The van der Waals surface area contributed by atoms with Crippen molar-refractivity contribution in [1.29, 1.82) is 0 Å². The van der Waals surface area contributed by atoms with Crippen LogP contribution in [0.15, 0.2) is 53.2 Å². The fourth-order valence-corrected chi connectivity index (χ4v) is 3.30. The molecule has 0 aliphatic carbocycles. The summed E-state index contributed by atoms with van der Waals surface area (Å²) in [5.74, 6) is 1.62. The van der Waals surface area contributed by atoms with Crippen LogP contribution < -0.4 is 10.1 Å². The van der Waals surface area contributed by atoms with Crippen molar-refractivity contribution < 1.29 is 13.9 Å². The number of carbonyl (C=O) groups excluding carboxylic acids is 1. The van der Waals surface area contributed by atoms with Gasteiger partial charge in [0.25, 0.3) is 5.91 Å². The summed E-state index contributed by atoms with van der Waals surface area (Å²) >= 11 is 0. The van der Waals surface area contributed by atoms with Crippen molar-refractivity contribution in [2.45, 2.75) is 20.8 Å². The summed E-state index contributed by atoms with van der Waals surface area (Å²) in [6.07, 6.45) is 3.94. The van der Waals surface area contributed by atoms with Crippen LogP contribution in [-0.4, -0.2) is 22.4 Å². The summed E-state index contributed by atoms with van der Waals surface area (Å²) in [6.45, 7) is 5.62. The van der Waals surface area contributed by atoms with Crippen LogP contribution in [0.3, 0.4) is 0 Å². The molecule has 1 aromatic carbocycles. The molecule has 0 aliphatic heterocycles. The van der Waals surface area contributed by atoms with Gasteiger partial charge in [-0.1, -0.05) is 6.07 Å². The number of pyridine rings is 1. The molecule has 0 saturated carbocycles. The molecule has 0 fully saturated rings. The van der Waals surface area contributed by atoms with E-state index in [2.05, 4.69) is 5.32 Å². The minimum absolute atomic E-state index is 0.240. The van der Waals surface area contributed by atoms with Crippen molar-refractivity contribution >= 4 is 17.2 Å². The first-order chi connectivity index (χ1) is 13.5. The SMILES string of the molecule is COc1ccc(-c2cn3cccc(C)c3n2)cc1NC(=O)c1cc(C)oc1C. The van der Waals surface area contributed by atoms with Crippen LogP contribution in [0, 0.1) is 20.8 Å². The van der Waals surface area contributed by atoms with E-state index in [1.807, 2.05) is 61.0 Å². The van der Waals surface area contributed by atoms with Gasteiger partial charge in [0.2, 0.25) is 0 Å². The maximum Gasteiger partial charge on any atom is 0.259 e. The molecule has 0 bridgehead atoms. The van der Waals surface area contributed by atoms with Gasteiger partial charge in [-0.2, -0.15) is 0 Å². The number of fused-ring (bicyclic) bond motifs is 1. The van der Waals surface area contributed by atoms with E-state index in [9.17, 15) is 4.79 Å². The van der Waals surface area contributed by atoms with E-state index in [1.165, 1.54) is 0 Å². The average molecular weight is 375 g/mol. The Balaban J connectivity index is 1.72. The number of ether oxygens (including phenoxy) is 1. The molecule has 0 unspecified atom stereocenters. The number of benzene rings is 1. The lowest BCUT2D eigenvalue weighted by atomic mass is 10.1. The van der Waals surface area contributed by atoms with Gasteiger partial charge in [-0.25, -0.2) is 4.98 Å². The van der Waals surface area contributed by atoms with Crippen LogP contribution in [0.5, 0.6) is 5.75 Å². The number of amides is 1. The minimum atomic E-state index is -0.240.